The quantitative estimate of drug-likeness (QED) is 0.303. The van der Waals surface area contributed by atoms with Crippen LogP contribution in [0.4, 0.5) is 10.1 Å². The molecule has 0 saturated carbocycles. The summed E-state index contributed by atoms with van der Waals surface area (Å²) in [6.07, 6.45) is 4.24. The highest BCUT2D eigenvalue weighted by molar-refractivity contribution is 9.10. The van der Waals surface area contributed by atoms with Gasteiger partial charge in [0, 0.05) is 35.4 Å². The van der Waals surface area contributed by atoms with E-state index in [1.807, 2.05) is 6.07 Å². The van der Waals surface area contributed by atoms with Gasteiger partial charge in [0.15, 0.2) is 5.82 Å². The molecule has 10 nitrogen and oxygen atoms in total. The lowest BCUT2D eigenvalue weighted by molar-refractivity contribution is -0.136. The number of tetrazole rings is 1. The normalized spacial score (nSPS) is 14.6. The molecule has 1 aliphatic heterocycles. The maximum absolute atomic E-state index is 15.1. The monoisotopic (exact) mass is 638 g/mol. The molecule has 1 aromatic heterocycles. The molecule has 1 aliphatic rings. The van der Waals surface area contributed by atoms with Crippen LogP contribution < -0.4 is 4.90 Å². The van der Waals surface area contributed by atoms with E-state index in [4.69, 9.17) is 11.6 Å². The predicted octanol–water partition coefficient (Wildman–Crippen LogP) is 4.72. The summed E-state index contributed by atoms with van der Waals surface area (Å²) in [5.74, 6) is -2.77. The molecule has 2 amide bonds. The number of likely N-dealkylation sites (N-methyl/N-ethyl adjacent to an activating group) is 1. The van der Waals surface area contributed by atoms with Gasteiger partial charge in [0.1, 0.15) is 12.4 Å². The standard InChI is InChI=1S/C28H21BrClFN6O4/c1-35(17-7-5-16(6-8-17)28(40)41)27(39)26-19-3-2-4-21(29)18(19)13-14-36(26)24(38)12-9-20-23(37-15-32-33-34-37)11-10-22(30)25(20)31/h2-12,15,26H,13-14H2,1H3,(H,40,41)/b12-9+/t26-/m0/s1. The average molecular weight is 640 g/mol. The van der Waals surface area contributed by atoms with Crippen molar-refractivity contribution in [2.75, 3.05) is 18.5 Å². The number of carboxylic acid groups (broad SMARTS) is 1. The largest absolute Gasteiger partial charge is 0.478 e. The third-order valence-corrected chi connectivity index (χ3v) is 7.85. The summed E-state index contributed by atoms with van der Waals surface area (Å²) in [5, 5.41) is 20.0. The van der Waals surface area contributed by atoms with E-state index in [1.165, 1.54) is 69.4 Å². The minimum absolute atomic E-state index is 0.00295. The molecule has 0 unspecified atom stereocenters. The summed E-state index contributed by atoms with van der Waals surface area (Å²) in [6, 6.07) is 13.2. The van der Waals surface area contributed by atoms with Crippen molar-refractivity contribution in [3.8, 4) is 5.69 Å². The first-order chi connectivity index (χ1) is 19.7. The Morgan fingerprint density at radius 3 is 2.59 bits per heavy atom. The first-order valence-corrected chi connectivity index (χ1v) is 13.4. The molecule has 4 aromatic rings. The molecule has 0 saturated heterocycles. The molecule has 41 heavy (non-hydrogen) atoms. The number of aromatic nitrogens is 4. The highest BCUT2D eigenvalue weighted by Gasteiger charge is 2.38. The van der Waals surface area contributed by atoms with Gasteiger partial charge in [-0.2, -0.15) is 4.68 Å². The molecule has 0 aliphatic carbocycles. The van der Waals surface area contributed by atoms with E-state index in [9.17, 15) is 19.5 Å². The van der Waals surface area contributed by atoms with Gasteiger partial charge in [0.05, 0.1) is 16.3 Å². The minimum Gasteiger partial charge on any atom is -0.478 e. The van der Waals surface area contributed by atoms with Crippen LogP contribution in [0.5, 0.6) is 0 Å². The van der Waals surface area contributed by atoms with Crippen molar-refractivity contribution in [3.63, 3.8) is 0 Å². The van der Waals surface area contributed by atoms with Gasteiger partial charge in [-0.15, -0.1) is 5.10 Å². The predicted molar refractivity (Wildman–Crippen MR) is 152 cm³/mol. The summed E-state index contributed by atoms with van der Waals surface area (Å²) >= 11 is 9.57. The molecule has 208 valence electrons. The van der Waals surface area contributed by atoms with E-state index < -0.39 is 29.6 Å². The van der Waals surface area contributed by atoms with Gasteiger partial charge >= 0.3 is 5.97 Å². The van der Waals surface area contributed by atoms with E-state index in [0.717, 1.165) is 10.0 Å². The lowest BCUT2D eigenvalue weighted by atomic mass is 9.91. The number of carboxylic acids is 1. The Hall–Kier alpha value is -4.42. The maximum atomic E-state index is 15.1. The Kier molecular flexibility index (Phi) is 7.95. The number of anilines is 1. The number of halogens is 3. The fraction of sp³-hybridized carbons (Fsp3) is 0.143. The second-order valence-electron chi connectivity index (χ2n) is 9.12. The molecule has 2 heterocycles. The number of carbonyl (C=O) groups excluding carboxylic acids is 2. The summed E-state index contributed by atoms with van der Waals surface area (Å²) in [6.45, 7) is 0.221. The van der Waals surface area contributed by atoms with Crippen LogP contribution in [0, 0.1) is 5.82 Å². The Balaban J connectivity index is 1.51. The van der Waals surface area contributed by atoms with E-state index in [-0.39, 0.29) is 28.4 Å². The van der Waals surface area contributed by atoms with Crippen molar-refractivity contribution in [3.05, 3.63) is 105 Å². The topological polar surface area (TPSA) is 122 Å². The zero-order chi connectivity index (χ0) is 29.3. The maximum Gasteiger partial charge on any atom is 0.335 e. The molecule has 3 aromatic carbocycles. The van der Waals surface area contributed by atoms with Crippen LogP contribution in [0.2, 0.25) is 5.02 Å². The summed E-state index contributed by atoms with van der Waals surface area (Å²) < 4.78 is 17.1. The smallest absolute Gasteiger partial charge is 0.335 e. The third-order valence-electron chi connectivity index (χ3n) is 6.81. The Morgan fingerprint density at radius 1 is 1.15 bits per heavy atom. The number of carbonyl (C=O) groups is 3. The van der Waals surface area contributed by atoms with Gasteiger partial charge in [-0.05, 0) is 76.5 Å². The Bertz CT molecular complexity index is 1680. The second kappa shape index (κ2) is 11.6. The van der Waals surface area contributed by atoms with Crippen molar-refractivity contribution >= 4 is 57.1 Å². The highest BCUT2D eigenvalue weighted by atomic mass is 79.9. The van der Waals surface area contributed by atoms with Crippen molar-refractivity contribution in [2.45, 2.75) is 12.5 Å². The fourth-order valence-electron chi connectivity index (χ4n) is 4.70. The van der Waals surface area contributed by atoms with Gasteiger partial charge in [-0.1, -0.05) is 39.7 Å². The number of rotatable bonds is 6. The van der Waals surface area contributed by atoms with Crippen LogP contribution in [0.1, 0.15) is 33.1 Å². The van der Waals surface area contributed by atoms with E-state index >= 15 is 4.39 Å². The first kappa shape index (κ1) is 28.1. The Labute approximate surface area is 246 Å². The molecule has 13 heteroatoms. The van der Waals surface area contributed by atoms with Crippen LogP contribution in [0.15, 0.2) is 71.5 Å². The van der Waals surface area contributed by atoms with Crippen LogP contribution in [-0.2, 0) is 16.0 Å². The average Bonchev–Trinajstić information content (AvgIpc) is 3.51. The lowest BCUT2D eigenvalue weighted by Crippen LogP contribution is -2.47. The van der Waals surface area contributed by atoms with Gasteiger partial charge in [0.2, 0.25) is 5.91 Å². The molecule has 0 bridgehead atoms. The SMILES string of the molecule is CN(C(=O)[C@@H]1c2cccc(Br)c2CCN1C(=O)/C=C/c1c(-n2cnnn2)ccc(Cl)c1F)c1ccc(C(=O)O)cc1. The number of nitrogens with zero attached hydrogens (tertiary/aromatic N) is 6. The van der Waals surface area contributed by atoms with Crippen LogP contribution in [0.3, 0.4) is 0 Å². The molecule has 1 N–H and O–H groups in total. The van der Waals surface area contributed by atoms with Crippen molar-refractivity contribution in [1.29, 1.82) is 0 Å². The van der Waals surface area contributed by atoms with Crippen LogP contribution in [0.25, 0.3) is 11.8 Å². The van der Waals surface area contributed by atoms with Gasteiger partial charge in [0.25, 0.3) is 5.91 Å². The van der Waals surface area contributed by atoms with Gasteiger partial charge in [-0.25, -0.2) is 9.18 Å². The zero-order valence-corrected chi connectivity index (χ0v) is 23.8. The number of aromatic carboxylic acids is 1. The highest BCUT2D eigenvalue weighted by Crippen LogP contribution is 2.36. The second-order valence-corrected chi connectivity index (χ2v) is 10.4. The summed E-state index contributed by atoms with van der Waals surface area (Å²) in [4.78, 5) is 41.7. The number of benzene rings is 3. The molecule has 0 radical (unpaired) electrons. The van der Waals surface area contributed by atoms with Gasteiger partial charge in [-0.3, -0.25) is 9.59 Å². The van der Waals surface area contributed by atoms with Gasteiger partial charge < -0.3 is 14.9 Å². The van der Waals surface area contributed by atoms with Crippen LogP contribution in [-0.4, -0.2) is 61.6 Å². The van der Waals surface area contributed by atoms with Crippen molar-refractivity contribution < 1.29 is 23.9 Å². The van der Waals surface area contributed by atoms with Crippen molar-refractivity contribution in [1.82, 2.24) is 25.1 Å². The number of hydrogen-bond acceptors (Lipinski definition) is 6. The molecule has 1 atom stereocenters. The zero-order valence-electron chi connectivity index (χ0n) is 21.4. The number of hydrogen-bond donors (Lipinski definition) is 1. The van der Waals surface area contributed by atoms with Crippen LogP contribution >= 0.6 is 27.5 Å². The molecule has 5 rings (SSSR count). The Morgan fingerprint density at radius 2 is 1.90 bits per heavy atom. The molecule has 0 fully saturated rings. The minimum atomic E-state index is -1.08. The third kappa shape index (κ3) is 5.48. The fourth-order valence-corrected chi connectivity index (χ4v) is 5.45. The molecular weight excluding hydrogens is 619 g/mol. The van der Waals surface area contributed by atoms with Crippen molar-refractivity contribution in [2.24, 2.45) is 0 Å². The summed E-state index contributed by atoms with van der Waals surface area (Å²) in [7, 11) is 1.56. The van der Waals surface area contributed by atoms with E-state index in [0.29, 0.717) is 17.7 Å². The lowest BCUT2D eigenvalue weighted by Gasteiger charge is -2.38. The van der Waals surface area contributed by atoms with E-state index in [1.54, 1.807) is 19.2 Å². The number of amides is 2. The summed E-state index contributed by atoms with van der Waals surface area (Å²) in [5.41, 5.74) is 2.35. The molecule has 0 spiro atoms. The first-order valence-electron chi connectivity index (χ1n) is 12.3. The molecular formula is C28H21BrClFN6O4. The van der Waals surface area contributed by atoms with E-state index in [2.05, 4.69) is 31.5 Å². The number of fused-ring (bicyclic) bond motifs is 1.